The van der Waals surface area contributed by atoms with Gasteiger partial charge in [-0.05, 0) is 25.7 Å². The summed E-state index contributed by atoms with van der Waals surface area (Å²) in [6, 6.07) is 0. The molecule has 0 aromatic carbocycles. The van der Waals surface area contributed by atoms with Crippen molar-refractivity contribution in [3.8, 4) is 0 Å². The van der Waals surface area contributed by atoms with Crippen molar-refractivity contribution >= 4 is 5.97 Å². The second kappa shape index (κ2) is 6.91. The molecule has 0 bridgehead atoms. The Kier molecular flexibility index (Phi) is 5.82. The Hall–Kier alpha value is -1.07. The molecule has 0 aromatic rings. The molecule has 1 saturated heterocycles. The van der Waals surface area contributed by atoms with E-state index in [4.69, 9.17) is 4.74 Å². The predicted octanol–water partition coefficient (Wildman–Crippen LogP) is 3.96. The molecule has 0 aromatic heterocycles. The van der Waals surface area contributed by atoms with Crippen LogP contribution in [0.2, 0.25) is 0 Å². The SMILES string of the molecule is C=C(CCCC1COC(=O)C1)CCC(F)(F)C(F)F. The summed E-state index contributed by atoms with van der Waals surface area (Å²) in [6.07, 6.45) is -2.20. The van der Waals surface area contributed by atoms with Gasteiger partial charge in [-0.3, -0.25) is 4.79 Å². The van der Waals surface area contributed by atoms with E-state index in [-0.39, 0.29) is 18.3 Å². The summed E-state index contributed by atoms with van der Waals surface area (Å²) in [4.78, 5) is 10.8. The second-order valence-electron chi connectivity index (χ2n) is 4.96. The molecule has 0 aliphatic carbocycles. The van der Waals surface area contributed by atoms with Crippen LogP contribution in [-0.4, -0.2) is 24.9 Å². The summed E-state index contributed by atoms with van der Waals surface area (Å²) in [5, 5.41) is 0. The minimum absolute atomic E-state index is 0.0998. The van der Waals surface area contributed by atoms with Crippen molar-refractivity contribution < 1.29 is 27.1 Å². The zero-order valence-electron chi connectivity index (χ0n) is 10.6. The lowest BCUT2D eigenvalue weighted by Crippen LogP contribution is -2.26. The largest absolute Gasteiger partial charge is 0.465 e. The van der Waals surface area contributed by atoms with E-state index in [1.165, 1.54) is 0 Å². The van der Waals surface area contributed by atoms with Crippen LogP contribution in [-0.2, 0) is 9.53 Å². The number of halogens is 4. The lowest BCUT2D eigenvalue weighted by atomic mass is 9.97. The Balaban J connectivity index is 2.13. The van der Waals surface area contributed by atoms with Gasteiger partial charge in [-0.1, -0.05) is 12.2 Å². The van der Waals surface area contributed by atoms with Crippen LogP contribution in [0.4, 0.5) is 17.6 Å². The number of ether oxygens (including phenoxy) is 1. The predicted molar refractivity (Wildman–Crippen MR) is 62.2 cm³/mol. The van der Waals surface area contributed by atoms with Crippen LogP contribution in [0, 0.1) is 5.92 Å². The maximum absolute atomic E-state index is 12.7. The van der Waals surface area contributed by atoms with Crippen molar-refractivity contribution in [2.24, 2.45) is 5.92 Å². The molecule has 0 saturated carbocycles. The van der Waals surface area contributed by atoms with Crippen molar-refractivity contribution in [1.29, 1.82) is 0 Å². The fraction of sp³-hybridized carbons (Fsp3) is 0.769. The second-order valence-corrected chi connectivity index (χ2v) is 4.96. The first-order valence-corrected chi connectivity index (χ1v) is 6.29. The molecule has 0 N–H and O–H groups in total. The van der Waals surface area contributed by atoms with Crippen molar-refractivity contribution in [2.45, 2.75) is 50.9 Å². The molecule has 1 atom stereocenters. The Bertz CT molecular complexity index is 329. The third-order valence-corrected chi connectivity index (χ3v) is 3.21. The van der Waals surface area contributed by atoms with Gasteiger partial charge in [0.1, 0.15) is 0 Å². The van der Waals surface area contributed by atoms with Crippen LogP contribution in [0.5, 0.6) is 0 Å². The number of hydrogen-bond donors (Lipinski definition) is 0. The van der Waals surface area contributed by atoms with E-state index in [9.17, 15) is 22.4 Å². The molecule has 1 aliphatic heterocycles. The highest BCUT2D eigenvalue weighted by Gasteiger charge is 2.39. The van der Waals surface area contributed by atoms with E-state index in [1.807, 2.05) is 0 Å². The fourth-order valence-electron chi connectivity index (χ4n) is 1.97. The average Bonchev–Trinajstić information content (AvgIpc) is 2.72. The van der Waals surface area contributed by atoms with E-state index >= 15 is 0 Å². The van der Waals surface area contributed by atoms with E-state index < -0.39 is 18.8 Å². The molecule has 0 amide bonds. The topological polar surface area (TPSA) is 26.3 Å². The highest BCUT2D eigenvalue weighted by molar-refractivity contribution is 5.71. The van der Waals surface area contributed by atoms with Crippen LogP contribution >= 0.6 is 0 Å². The monoisotopic (exact) mass is 282 g/mol. The van der Waals surface area contributed by atoms with Crippen LogP contribution < -0.4 is 0 Å². The van der Waals surface area contributed by atoms with Gasteiger partial charge in [0, 0.05) is 12.3 Å². The summed E-state index contributed by atoms with van der Waals surface area (Å²) < 4.78 is 54.0. The van der Waals surface area contributed by atoms with Gasteiger partial charge in [0.15, 0.2) is 0 Å². The summed E-state index contributed by atoms with van der Waals surface area (Å²) >= 11 is 0. The molecule has 19 heavy (non-hydrogen) atoms. The van der Waals surface area contributed by atoms with E-state index in [0.717, 1.165) is 6.42 Å². The molecule has 0 spiro atoms. The Morgan fingerprint density at radius 3 is 2.63 bits per heavy atom. The van der Waals surface area contributed by atoms with Gasteiger partial charge in [0.25, 0.3) is 0 Å². The molecule has 1 heterocycles. The number of esters is 1. The van der Waals surface area contributed by atoms with Crippen LogP contribution in [0.1, 0.15) is 38.5 Å². The number of alkyl halides is 4. The zero-order chi connectivity index (χ0) is 14.5. The first-order valence-electron chi connectivity index (χ1n) is 6.29. The Labute approximate surface area is 109 Å². The molecule has 0 radical (unpaired) electrons. The third-order valence-electron chi connectivity index (χ3n) is 3.21. The molecule has 110 valence electrons. The van der Waals surface area contributed by atoms with Gasteiger partial charge >= 0.3 is 18.3 Å². The average molecular weight is 282 g/mol. The molecular formula is C13H18F4O2. The summed E-state index contributed by atoms with van der Waals surface area (Å²) in [6.45, 7) is 4.03. The fourth-order valence-corrected chi connectivity index (χ4v) is 1.97. The van der Waals surface area contributed by atoms with Gasteiger partial charge in [-0.2, -0.15) is 0 Å². The molecular weight excluding hydrogens is 264 g/mol. The van der Waals surface area contributed by atoms with Crippen molar-refractivity contribution in [1.82, 2.24) is 0 Å². The maximum Gasteiger partial charge on any atom is 0.307 e. The van der Waals surface area contributed by atoms with Crippen molar-refractivity contribution in [3.05, 3.63) is 12.2 Å². The van der Waals surface area contributed by atoms with E-state index in [2.05, 4.69) is 6.58 Å². The minimum atomic E-state index is -3.94. The first kappa shape index (κ1) is 16.0. The summed E-state index contributed by atoms with van der Waals surface area (Å²) in [7, 11) is 0. The van der Waals surface area contributed by atoms with E-state index in [1.54, 1.807) is 0 Å². The molecule has 1 unspecified atom stereocenters. The molecule has 2 nitrogen and oxygen atoms in total. The van der Waals surface area contributed by atoms with Gasteiger partial charge < -0.3 is 4.74 Å². The normalized spacial score (nSPS) is 19.8. The quantitative estimate of drug-likeness (QED) is 0.383. The summed E-state index contributed by atoms with van der Waals surface area (Å²) in [5.41, 5.74) is 0.547. The van der Waals surface area contributed by atoms with Gasteiger partial charge in [-0.25, -0.2) is 17.6 Å². The van der Waals surface area contributed by atoms with Crippen LogP contribution in [0.25, 0.3) is 0 Å². The first-order chi connectivity index (χ1) is 8.81. The Morgan fingerprint density at radius 1 is 1.42 bits per heavy atom. The molecule has 1 fully saturated rings. The maximum atomic E-state index is 12.7. The molecule has 1 rings (SSSR count). The van der Waals surface area contributed by atoms with Gasteiger partial charge in [0.2, 0.25) is 0 Å². The lowest BCUT2D eigenvalue weighted by Gasteiger charge is -2.15. The van der Waals surface area contributed by atoms with Gasteiger partial charge in [-0.15, -0.1) is 0 Å². The number of hydrogen-bond acceptors (Lipinski definition) is 2. The minimum Gasteiger partial charge on any atom is -0.465 e. The lowest BCUT2D eigenvalue weighted by molar-refractivity contribution is -0.137. The highest BCUT2D eigenvalue weighted by Crippen LogP contribution is 2.30. The third kappa shape index (κ3) is 5.61. The van der Waals surface area contributed by atoms with Crippen molar-refractivity contribution in [2.75, 3.05) is 6.61 Å². The van der Waals surface area contributed by atoms with Crippen LogP contribution in [0.3, 0.4) is 0 Å². The number of cyclic esters (lactones) is 1. The number of rotatable bonds is 8. The van der Waals surface area contributed by atoms with Crippen molar-refractivity contribution in [3.63, 3.8) is 0 Å². The molecule has 1 aliphatic rings. The smallest absolute Gasteiger partial charge is 0.307 e. The number of carbonyl (C=O) groups excluding carboxylic acids is 1. The van der Waals surface area contributed by atoms with E-state index in [0.29, 0.717) is 31.4 Å². The zero-order valence-corrected chi connectivity index (χ0v) is 10.6. The number of allylic oxidation sites excluding steroid dienone is 1. The standard InChI is InChI=1S/C13H18F4O2/c1-9(5-6-13(16,17)12(14)15)3-2-4-10-7-11(18)19-8-10/h10,12H,1-8H2. The number of carbonyl (C=O) groups is 1. The van der Waals surface area contributed by atoms with Crippen LogP contribution in [0.15, 0.2) is 12.2 Å². The highest BCUT2D eigenvalue weighted by atomic mass is 19.3. The summed E-state index contributed by atoms with van der Waals surface area (Å²) in [5.74, 6) is -3.96. The van der Waals surface area contributed by atoms with Gasteiger partial charge in [0.05, 0.1) is 13.0 Å². The Morgan fingerprint density at radius 2 is 2.11 bits per heavy atom. The molecule has 6 heteroatoms.